The predicted octanol–water partition coefficient (Wildman–Crippen LogP) is 8.93. The van der Waals surface area contributed by atoms with E-state index in [1.807, 2.05) is 75.4 Å². The molecule has 2 aliphatic rings. The zero-order valence-corrected chi connectivity index (χ0v) is 35.2. The van der Waals surface area contributed by atoms with Crippen molar-refractivity contribution < 1.29 is 33.0 Å². The van der Waals surface area contributed by atoms with E-state index in [-0.39, 0.29) is 24.3 Å². The number of carboxylic acids is 1. The van der Waals surface area contributed by atoms with Crippen molar-refractivity contribution in [1.82, 2.24) is 20.1 Å². The molecule has 1 aromatic heterocycles. The quantitative estimate of drug-likeness (QED) is 0.122. The molecule has 1 amide bonds. The number of hydrogen-bond donors (Lipinski definition) is 2. The van der Waals surface area contributed by atoms with Crippen LogP contribution < -0.4 is 14.8 Å². The number of benzene rings is 4. The fraction of sp³-hybridized carbons (Fsp3) is 0.367. The zero-order chi connectivity index (χ0) is 42.7. The van der Waals surface area contributed by atoms with Gasteiger partial charge in [0.25, 0.3) is 0 Å². The van der Waals surface area contributed by atoms with E-state index in [1.165, 1.54) is 6.07 Å². The van der Waals surface area contributed by atoms with Crippen LogP contribution in [-0.2, 0) is 35.5 Å². The second-order valence-corrected chi connectivity index (χ2v) is 16.7. The van der Waals surface area contributed by atoms with Gasteiger partial charge in [-0.05, 0) is 121 Å². The monoisotopic (exact) mass is 816 g/mol. The third-order valence-corrected chi connectivity index (χ3v) is 11.7. The number of rotatable bonds is 13. The van der Waals surface area contributed by atoms with Gasteiger partial charge < -0.3 is 19.9 Å². The van der Waals surface area contributed by atoms with Gasteiger partial charge in [-0.2, -0.15) is 0 Å². The number of aliphatic carboxylic acids is 1. The number of hydrogen-bond acceptors (Lipinski definition) is 7. The molecular formula is C49H54F2N4O5. The summed E-state index contributed by atoms with van der Waals surface area (Å²) in [6.07, 6.45) is 2.28. The minimum atomic E-state index is -1.09. The van der Waals surface area contributed by atoms with E-state index in [9.17, 15) is 23.5 Å². The maximum absolute atomic E-state index is 14.1. The van der Waals surface area contributed by atoms with Crippen LogP contribution >= 0.6 is 0 Å². The van der Waals surface area contributed by atoms with Gasteiger partial charge in [-0.3, -0.25) is 19.6 Å². The normalized spacial score (nSPS) is 17.8. The second-order valence-electron chi connectivity index (χ2n) is 16.7. The predicted molar refractivity (Wildman–Crippen MR) is 228 cm³/mol. The Balaban J connectivity index is 1.05. The highest BCUT2D eigenvalue weighted by atomic mass is 19.2. The highest BCUT2D eigenvalue weighted by Gasteiger charge is 2.35. The third kappa shape index (κ3) is 9.69. The lowest BCUT2D eigenvalue weighted by Crippen LogP contribution is -2.55. The van der Waals surface area contributed by atoms with Crippen molar-refractivity contribution in [1.29, 1.82) is 0 Å². The average molecular weight is 817 g/mol. The van der Waals surface area contributed by atoms with Crippen molar-refractivity contribution in [3.05, 3.63) is 147 Å². The van der Waals surface area contributed by atoms with Crippen LogP contribution in [0.1, 0.15) is 84.0 Å². The zero-order valence-electron chi connectivity index (χ0n) is 35.2. The molecule has 4 aromatic carbocycles. The van der Waals surface area contributed by atoms with Crippen LogP contribution in [0.4, 0.5) is 8.78 Å². The number of carbonyl (C=O) groups is 2. The first-order valence-electron chi connectivity index (χ1n) is 20.8. The minimum Gasteiger partial charge on any atom is -0.486 e. The summed E-state index contributed by atoms with van der Waals surface area (Å²) in [6, 6.07) is 24.0. The van der Waals surface area contributed by atoms with Gasteiger partial charge in [-0.1, -0.05) is 69.3 Å². The summed E-state index contributed by atoms with van der Waals surface area (Å²) in [7, 11) is 2.05. The summed E-state index contributed by atoms with van der Waals surface area (Å²) in [4.78, 5) is 35.4. The molecule has 0 bridgehead atoms. The number of nitrogens with zero attached hydrogens (tertiary/aromatic N) is 3. The molecule has 2 aliphatic heterocycles. The Morgan fingerprint density at radius 1 is 0.933 bits per heavy atom. The van der Waals surface area contributed by atoms with Crippen molar-refractivity contribution >= 4 is 11.9 Å². The van der Waals surface area contributed by atoms with Gasteiger partial charge in [0.2, 0.25) is 5.91 Å². The fourth-order valence-corrected chi connectivity index (χ4v) is 8.38. The summed E-state index contributed by atoms with van der Waals surface area (Å²) in [6.45, 7) is 12.7. The van der Waals surface area contributed by atoms with E-state index in [0.29, 0.717) is 50.3 Å². The Hall–Kier alpha value is -5.65. The average Bonchev–Trinajstić information content (AvgIpc) is 3.38. The van der Waals surface area contributed by atoms with Crippen molar-refractivity contribution in [3.8, 4) is 22.6 Å². The number of carboxylic acid groups (broad SMARTS) is 1. The number of halogens is 2. The summed E-state index contributed by atoms with van der Waals surface area (Å²) in [5, 5.41) is 13.2. The topological polar surface area (TPSA) is 104 Å². The summed E-state index contributed by atoms with van der Waals surface area (Å²) in [5.41, 5.74) is 9.70. The SMILES string of the molecule is CC[C@@H](Oc1ccc([C@H]2CN(C)Cc3cc4c(cc3O2)CN(CC(C)C)[C@H](C(=O)N[C@@H](Cc2ccc(-c3ccnc(C)c3C)cc2)C(=O)O)C4)cc1)c1ccc(F)c(F)c1. The molecule has 0 radical (unpaired) electrons. The first-order valence-corrected chi connectivity index (χ1v) is 20.8. The van der Waals surface area contributed by atoms with E-state index in [4.69, 9.17) is 9.47 Å². The maximum atomic E-state index is 14.1. The molecule has 60 heavy (non-hydrogen) atoms. The van der Waals surface area contributed by atoms with E-state index < -0.39 is 35.8 Å². The molecule has 0 saturated heterocycles. The molecular weight excluding hydrogens is 763 g/mol. The number of fused-ring (bicyclic) bond motifs is 2. The smallest absolute Gasteiger partial charge is 0.326 e. The van der Waals surface area contributed by atoms with Gasteiger partial charge in [0.15, 0.2) is 11.6 Å². The standard InChI is InChI=1S/C49H54F2N4O5/c1-7-45(35-14-17-41(50)42(51)22-35)59-39-15-12-34(13-16-39)47-28-54(6)26-38-21-36-23-44(55(25-29(2)3)27-37(36)24-46(38)60-47)48(56)53-43(49(57)58)20-32-8-10-33(11-9-32)40-18-19-52-31(5)30(40)4/h8-19,21-22,24,29,43-45,47H,7,20,23,25-28H2,1-6H3,(H,53,56)(H,57,58)/t43-,44-,45+,47+/m0/s1. The number of likely N-dealkylation sites (N-methyl/N-ethyl adjacent to an activating group) is 1. The van der Waals surface area contributed by atoms with Crippen LogP contribution in [0, 0.1) is 31.4 Å². The van der Waals surface area contributed by atoms with E-state index >= 15 is 0 Å². The first kappa shape index (κ1) is 42.5. The summed E-state index contributed by atoms with van der Waals surface area (Å²) in [5.74, 6) is -1.47. The number of aromatic nitrogens is 1. The maximum Gasteiger partial charge on any atom is 0.326 e. The Labute approximate surface area is 351 Å². The molecule has 314 valence electrons. The number of nitrogens with one attached hydrogen (secondary N) is 1. The van der Waals surface area contributed by atoms with Crippen LogP contribution in [0.5, 0.6) is 11.5 Å². The number of amides is 1. The minimum absolute atomic E-state index is 0.160. The Morgan fingerprint density at radius 2 is 1.68 bits per heavy atom. The molecule has 0 unspecified atom stereocenters. The lowest BCUT2D eigenvalue weighted by atomic mass is 9.90. The number of aryl methyl sites for hydroxylation is 1. The van der Waals surface area contributed by atoms with Gasteiger partial charge in [0.05, 0.1) is 6.04 Å². The van der Waals surface area contributed by atoms with E-state index in [0.717, 1.165) is 62.0 Å². The lowest BCUT2D eigenvalue weighted by Gasteiger charge is -2.38. The Bertz CT molecular complexity index is 2330. The van der Waals surface area contributed by atoms with Crippen molar-refractivity contribution in [2.75, 3.05) is 20.1 Å². The molecule has 11 heteroatoms. The van der Waals surface area contributed by atoms with Gasteiger partial charge in [-0.25, -0.2) is 13.6 Å². The van der Waals surface area contributed by atoms with Gasteiger partial charge >= 0.3 is 5.97 Å². The molecule has 5 aromatic rings. The number of carbonyl (C=O) groups excluding carboxylic acids is 1. The molecule has 0 spiro atoms. The number of pyridine rings is 1. The van der Waals surface area contributed by atoms with Crippen LogP contribution in [-0.4, -0.2) is 64.0 Å². The van der Waals surface area contributed by atoms with Gasteiger partial charge in [-0.15, -0.1) is 0 Å². The molecule has 2 N–H and O–H groups in total. The van der Waals surface area contributed by atoms with Gasteiger partial charge in [0.1, 0.15) is 29.7 Å². The van der Waals surface area contributed by atoms with Crippen LogP contribution in [0.3, 0.4) is 0 Å². The van der Waals surface area contributed by atoms with Crippen molar-refractivity contribution in [2.45, 2.75) is 91.3 Å². The van der Waals surface area contributed by atoms with Gasteiger partial charge in [0, 0.05) is 50.1 Å². The van der Waals surface area contributed by atoms with Crippen LogP contribution in [0.15, 0.2) is 91.1 Å². The third-order valence-electron chi connectivity index (χ3n) is 11.7. The highest BCUT2D eigenvalue weighted by Crippen LogP contribution is 2.37. The van der Waals surface area contributed by atoms with E-state index in [1.54, 1.807) is 12.3 Å². The van der Waals surface area contributed by atoms with E-state index in [2.05, 4.69) is 53.1 Å². The molecule has 9 nitrogen and oxygen atoms in total. The Morgan fingerprint density at radius 3 is 2.37 bits per heavy atom. The van der Waals surface area contributed by atoms with Crippen molar-refractivity contribution in [3.63, 3.8) is 0 Å². The number of ether oxygens (including phenoxy) is 2. The highest BCUT2D eigenvalue weighted by molar-refractivity contribution is 5.87. The molecule has 7 rings (SSSR count). The molecule has 3 heterocycles. The molecule has 0 fully saturated rings. The van der Waals surface area contributed by atoms with Crippen molar-refractivity contribution in [2.24, 2.45) is 5.92 Å². The second kappa shape index (κ2) is 18.3. The Kier molecular flexibility index (Phi) is 13.0. The fourth-order valence-electron chi connectivity index (χ4n) is 8.38. The van der Waals surface area contributed by atoms with Crippen LogP contribution in [0.2, 0.25) is 0 Å². The van der Waals surface area contributed by atoms with Crippen LogP contribution in [0.25, 0.3) is 11.1 Å². The largest absolute Gasteiger partial charge is 0.486 e. The molecule has 4 atom stereocenters. The summed E-state index contributed by atoms with van der Waals surface area (Å²) < 4.78 is 40.5. The molecule has 0 saturated carbocycles. The summed E-state index contributed by atoms with van der Waals surface area (Å²) >= 11 is 0. The first-order chi connectivity index (χ1) is 28.8. The lowest BCUT2D eigenvalue weighted by molar-refractivity contribution is -0.142. The molecule has 0 aliphatic carbocycles.